The zero-order chi connectivity index (χ0) is 15.7. The Kier molecular flexibility index (Phi) is 3.90. The van der Waals surface area contributed by atoms with E-state index < -0.39 is 17.7 Å². The Morgan fingerprint density at radius 2 is 2.05 bits per heavy atom. The summed E-state index contributed by atoms with van der Waals surface area (Å²) in [6.45, 7) is 1.52. The van der Waals surface area contributed by atoms with Gasteiger partial charge in [0, 0.05) is 7.05 Å². The highest BCUT2D eigenvalue weighted by molar-refractivity contribution is 7.11. The van der Waals surface area contributed by atoms with Gasteiger partial charge in [0.15, 0.2) is 0 Å². The Balaban J connectivity index is 2.45. The van der Waals surface area contributed by atoms with E-state index in [0.29, 0.717) is 0 Å². The van der Waals surface area contributed by atoms with Crippen LogP contribution in [0.2, 0.25) is 0 Å². The predicted molar refractivity (Wildman–Crippen MR) is 74.6 cm³/mol. The largest absolute Gasteiger partial charge is 0.507 e. The number of aromatic carboxylic acids is 1. The molecule has 0 saturated carbocycles. The van der Waals surface area contributed by atoms with Crippen LogP contribution in [0.15, 0.2) is 18.2 Å². The summed E-state index contributed by atoms with van der Waals surface area (Å²) in [6.07, 6.45) is 0. The highest BCUT2D eigenvalue weighted by Crippen LogP contribution is 2.30. The van der Waals surface area contributed by atoms with E-state index in [0.717, 1.165) is 34.6 Å². The van der Waals surface area contributed by atoms with E-state index in [2.05, 4.69) is 4.37 Å². The van der Waals surface area contributed by atoms with Crippen LogP contribution < -0.4 is 4.90 Å². The molecule has 0 atom stereocenters. The minimum absolute atomic E-state index is 0.0910. The van der Waals surface area contributed by atoms with E-state index in [4.69, 9.17) is 5.11 Å². The number of aromatic nitrogens is 1. The SMILES string of the molecule is Cc1nsc(N(C)C(=O)c2cc(F)ccc2O)c1C(=O)O. The van der Waals surface area contributed by atoms with Crippen LogP contribution in [0.1, 0.15) is 26.4 Å². The molecule has 1 heterocycles. The maximum Gasteiger partial charge on any atom is 0.340 e. The van der Waals surface area contributed by atoms with Crippen molar-refractivity contribution in [3.63, 3.8) is 0 Å². The number of benzene rings is 1. The lowest BCUT2D eigenvalue weighted by atomic mass is 10.1. The second-order valence-electron chi connectivity index (χ2n) is 4.28. The molecule has 2 N–H and O–H groups in total. The average molecular weight is 310 g/mol. The van der Waals surface area contributed by atoms with Gasteiger partial charge in [-0.1, -0.05) is 0 Å². The number of hydrogen-bond donors (Lipinski definition) is 2. The number of aromatic hydroxyl groups is 1. The van der Waals surface area contributed by atoms with Gasteiger partial charge in [-0.15, -0.1) is 0 Å². The Morgan fingerprint density at radius 1 is 1.38 bits per heavy atom. The fraction of sp³-hybridized carbons (Fsp3) is 0.154. The van der Waals surface area contributed by atoms with Crippen LogP contribution in [-0.4, -0.2) is 33.5 Å². The summed E-state index contributed by atoms with van der Waals surface area (Å²) in [4.78, 5) is 24.5. The molecule has 0 bridgehead atoms. The molecule has 2 rings (SSSR count). The van der Waals surface area contributed by atoms with E-state index >= 15 is 0 Å². The molecule has 0 fully saturated rings. The van der Waals surface area contributed by atoms with Crippen molar-refractivity contribution in [2.24, 2.45) is 0 Å². The highest BCUT2D eigenvalue weighted by Gasteiger charge is 2.26. The molecule has 8 heteroatoms. The fourth-order valence-corrected chi connectivity index (χ4v) is 2.63. The second kappa shape index (κ2) is 5.49. The quantitative estimate of drug-likeness (QED) is 0.907. The van der Waals surface area contributed by atoms with Gasteiger partial charge in [-0.2, -0.15) is 4.37 Å². The van der Waals surface area contributed by atoms with E-state index in [1.165, 1.54) is 14.0 Å². The lowest BCUT2D eigenvalue weighted by molar-refractivity contribution is 0.0697. The molecule has 2 aromatic rings. The number of carboxylic acid groups (broad SMARTS) is 1. The average Bonchev–Trinajstić information content (AvgIpc) is 2.81. The molecule has 0 unspecified atom stereocenters. The van der Waals surface area contributed by atoms with Gasteiger partial charge in [-0.05, 0) is 36.7 Å². The number of carbonyl (C=O) groups is 2. The first-order valence-corrected chi connectivity index (χ1v) is 6.56. The van der Waals surface area contributed by atoms with E-state index in [1.807, 2.05) is 0 Å². The van der Waals surface area contributed by atoms with Crippen molar-refractivity contribution in [2.45, 2.75) is 6.92 Å². The monoisotopic (exact) mass is 310 g/mol. The number of phenols is 1. The standard InChI is InChI=1S/C13H11FN2O4S/c1-6-10(13(19)20)12(21-15-6)16(2)11(18)8-5-7(14)3-4-9(8)17/h3-5,17H,1-2H3,(H,19,20). The lowest BCUT2D eigenvalue weighted by Gasteiger charge is -2.16. The van der Waals surface area contributed by atoms with Gasteiger partial charge >= 0.3 is 5.97 Å². The summed E-state index contributed by atoms with van der Waals surface area (Å²) >= 11 is 0.845. The number of aryl methyl sites for hydroxylation is 1. The molecular formula is C13H11FN2O4S. The molecule has 0 spiro atoms. The topological polar surface area (TPSA) is 90.7 Å². The summed E-state index contributed by atoms with van der Waals surface area (Å²) in [5.74, 6) is -2.99. The minimum atomic E-state index is -1.21. The zero-order valence-corrected chi connectivity index (χ0v) is 11.9. The van der Waals surface area contributed by atoms with Gasteiger partial charge in [-0.3, -0.25) is 4.79 Å². The van der Waals surface area contributed by atoms with Crippen LogP contribution in [0.3, 0.4) is 0 Å². The minimum Gasteiger partial charge on any atom is -0.507 e. The van der Waals surface area contributed by atoms with Crippen LogP contribution >= 0.6 is 11.5 Å². The first kappa shape index (κ1) is 14.9. The number of carbonyl (C=O) groups excluding carboxylic acids is 1. The van der Waals surface area contributed by atoms with Crippen LogP contribution in [0, 0.1) is 12.7 Å². The first-order chi connectivity index (χ1) is 9.82. The number of amides is 1. The summed E-state index contributed by atoms with van der Waals surface area (Å²) in [7, 11) is 1.34. The van der Waals surface area contributed by atoms with Gasteiger partial charge in [0.25, 0.3) is 5.91 Å². The highest BCUT2D eigenvalue weighted by atomic mass is 32.1. The van der Waals surface area contributed by atoms with Crippen molar-refractivity contribution in [1.82, 2.24) is 4.37 Å². The Morgan fingerprint density at radius 3 is 2.67 bits per heavy atom. The fourth-order valence-electron chi connectivity index (χ4n) is 1.79. The maximum absolute atomic E-state index is 13.2. The molecule has 6 nitrogen and oxygen atoms in total. The van der Waals surface area contributed by atoms with Crippen molar-refractivity contribution < 1.29 is 24.2 Å². The van der Waals surface area contributed by atoms with Crippen molar-refractivity contribution in [1.29, 1.82) is 0 Å². The summed E-state index contributed by atoms with van der Waals surface area (Å²) < 4.78 is 17.1. The number of hydrogen-bond acceptors (Lipinski definition) is 5. The second-order valence-corrected chi connectivity index (χ2v) is 5.03. The van der Waals surface area contributed by atoms with Crippen LogP contribution in [0.4, 0.5) is 9.39 Å². The Labute approximate surface area is 123 Å². The third-order valence-corrected chi connectivity index (χ3v) is 3.87. The molecule has 21 heavy (non-hydrogen) atoms. The van der Waals surface area contributed by atoms with Gasteiger partial charge in [0.1, 0.15) is 22.1 Å². The van der Waals surface area contributed by atoms with Crippen molar-refractivity contribution >= 4 is 28.4 Å². The summed E-state index contributed by atoms with van der Waals surface area (Å²) in [6, 6.07) is 2.97. The molecule has 0 aliphatic heterocycles. The number of rotatable bonds is 3. The normalized spacial score (nSPS) is 10.4. The van der Waals surface area contributed by atoms with Gasteiger partial charge in [0.2, 0.25) is 0 Å². The van der Waals surface area contributed by atoms with E-state index in [9.17, 15) is 19.1 Å². The number of nitrogens with zero attached hydrogens (tertiary/aromatic N) is 2. The molecule has 1 amide bonds. The van der Waals surface area contributed by atoms with Gasteiger partial charge in [-0.25, -0.2) is 9.18 Å². The number of halogens is 1. The third-order valence-electron chi connectivity index (χ3n) is 2.86. The summed E-state index contributed by atoms with van der Waals surface area (Å²) in [5, 5.41) is 18.9. The van der Waals surface area contributed by atoms with Crippen molar-refractivity contribution in [2.75, 3.05) is 11.9 Å². The lowest BCUT2D eigenvalue weighted by Crippen LogP contribution is -2.27. The van der Waals surface area contributed by atoms with E-state index in [-0.39, 0.29) is 27.6 Å². The molecule has 0 radical (unpaired) electrons. The Bertz CT molecular complexity index is 729. The van der Waals surface area contributed by atoms with Crippen LogP contribution in [-0.2, 0) is 0 Å². The third kappa shape index (κ3) is 2.70. The maximum atomic E-state index is 13.2. The van der Waals surface area contributed by atoms with Crippen molar-refractivity contribution in [3.8, 4) is 5.75 Å². The van der Waals surface area contributed by atoms with Gasteiger partial charge in [0.05, 0.1) is 11.3 Å². The number of anilines is 1. The molecule has 0 saturated heterocycles. The molecule has 0 aliphatic rings. The van der Waals surface area contributed by atoms with Crippen LogP contribution in [0.25, 0.3) is 0 Å². The number of carboxylic acids is 1. The zero-order valence-electron chi connectivity index (χ0n) is 11.1. The Hall–Kier alpha value is -2.48. The molecule has 1 aromatic carbocycles. The first-order valence-electron chi connectivity index (χ1n) is 5.79. The number of phenolic OH excluding ortho intramolecular Hbond substituents is 1. The van der Waals surface area contributed by atoms with Gasteiger partial charge < -0.3 is 15.1 Å². The molecule has 1 aromatic heterocycles. The van der Waals surface area contributed by atoms with Crippen LogP contribution in [0.5, 0.6) is 5.75 Å². The summed E-state index contributed by atoms with van der Waals surface area (Å²) in [5.41, 5.74) is -0.0581. The van der Waals surface area contributed by atoms with E-state index in [1.54, 1.807) is 0 Å². The smallest absolute Gasteiger partial charge is 0.340 e. The van der Waals surface area contributed by atoms with Crippen molar-refractivity contribution in [3.05, 3.63) is 40.8 Å². The molecular weight excluding hydrogens is 299 g/mol. The molecule has 0 aliphatic carbocycles. The molecule has 110 valence electrons. The predicted octanol–water partition coefficient (Wildman–Crippen LogP) is 2.27.